The van der Waals surface area contributed by atoms with Gasteiger partial charge in [-0.3, -0.25) is 4.99 Å². The summed E-state index contributed by atoms with van der Waals surface area (Å²) in [5.41, 5.74) is 1.53. The van der Waals surface area contributed by atoms with Gasteiger partial charge in [0.15, 0.2) is 5.96 Å². The molecule has 1 aliphatic heterocycles. The minimum absolute atomic E-state index is 0.242. The van der Waals surface area contributed by atoms with Crippen LogP contribution < -0.4 is 10.6 Å². The maximum absolute atomic E-state index is 11.1. The van der Waals surface area contributed by atoms with E-state index in [2.05, 4.69) is 10.6 Å². The third-order valence-corrected chi connectivity index (χ3v) is 7.65. The van der Waals surface area contributed by atoms with Crippen LogP contribution in [0, 0.1) is 23.2 Å². The number of carbonyl (C=O) groups is 1. The molecule has 6 rings (SSSR count). The Morgan fingerprint density at radius 2 is 1.77 bits per heavy atom. The third kappa shape index (κ3) is 4.34. The monoisotopic (exact) mass is 411 g/mol. The van der Waals surface area contributed by atoms with Crippen molar-refractivity contribution in [1.82, 2.24) is 5.32 Å². The van der Waals surface area contributed by atoms with Crippen LogP contribution >= 0.6 is 0 Å². The van der Waals surface area contributed by atoms with E-state index in [4.69, 9.17) is 14.8 Å². The van der Waals surface area contributed by atoms with E-state index in [9.17, 15) is 4.79 Å². The molecule has 1 heterocycles. The lowest BCUT2D eigenvalue weighted by Crippen LogP contribution is -2.48. The Balaban J connectivity index is 1.29. The molecule has 0 aromatic heterocycles. The molecule has 3 N–H and O–H groups in total. The highest BCUT2D eigenvalue weighted by atomic mass is 16.5. The minimum atomic E-state index is -0.909. The Morgan fingerprint density at radius 1 is 1.10 bits per heavy atom. The zero-order chi connectivity index (χ0) is 20.6. The SMILES string of the molecule is O=C(O)c1ccc(NC(=NCC23CC4CC(CC(C4)C2)C3)NC[C@H]2CCCO2)cc1. The predicted molar refractivity (Wildman–Crippen MR) is 117 cm³/mol. The predicted octanol–water partition coefficient (Wildman–Crippen LogP) is 4.14. The van der Waals surface area contributed by atoms with Crippen LogP contribution in [-0.2, 0) is 4.74 Å². The molecule has 30 heavy (non-hydrogen) atoms. The van der Waals surface area contributed by atoms with Gasteiger partial charge in [-0.25, -0.2) is 4.79 Å². The van der Waals surface area contributed by atoms with Crippen LogP contribution in [0.5, 0.6) is 0 Å². The first-order chi connectivity index (χ1) is 14.6. The Bertz CT molecular complexity index is 763. The molecule has 0 unspecified atom stereocenters. The van der Waals surface area contributed by atoms with Crippen molar-refractivity contribution < 1.29 is 14.6 Å². The lowest BCUT2D eigenvalue weighted by molar-refractivity contribution is -0.0465. The summed E-state index contributed by atoms with van der Waals surface area (Å²) in [6.45, 7) is 2.47. The van der Waals surface area contributed by atoms with Crippen LogP contribution in [0.2, 0.25) is 0 Å². The number of benzene rings is 1. The second-order valence-corrected chi connectivity index (χ2v) is 10.1. The van der Waals surface area contributed by atoms with Crippen molar-refractivity contribution in [1.29, 1.82) is 0 Å². The highest BCUT2D eigenvalue weighted by Gasteiger charge is 2.50. The van der Waals surface area contributed by atoms with Crippen LogP contribution in [0.4, 0.5) is 5.69 Å². The summed E-state index contributed by atoms with van der Waals surface area (Å²) >= 11 is 0. The van der Waals surface area contributed by atoms with Gasteiger partial charge >= 0.3 is 5.97 Å². The van der Waals surface area contributed by atoms with Crippen LogP contribution in [0.15, 0.2) is 29.3 Å². The first kappa shape index (κ1) is 19.9. The maximum Gasteiger partial charge on any atom is 0.335 e. The fourth-order valence-electron chi connectivity index (χ4n) is 6.72. The molecule has 6 heteroatoms. The number of nitrogens with one attached hydrogen (secondary N) is 2. The van der Waals surface area contributed by atoms with E-state index in [0.717, 1.165) is 61.9 Å². The normalized spacial score (nSPS) is 34.9. The molecule has 0 radical (unpaired) electrons. The minimum Gasteiger partial charge on any atom is -0.478 e. The van der Waals surface area contributed by atoms with E-state index < -0.39 is 5.97 Å². The number of carboxylic acids is 1. The van der Waals surface area contributed by atoms with Gasteiger partial charge in [-0.05, 0) is 98.8 Å². The van der Waals surface area contributed by atoms with Crippen LogP contribution in [-0.4, -0.2) is 42.8 Å². The Morgan fingerprint density at radius 3 is 2.33 bits per heavy atom. The van der Waals surface area contributed by atoms with Gasteiger partial charge in [-0.15, -0.1) is 0 Å². The number of nitrogens with zero attached hydrogens (tertiary/aromatic N) is 1. The number of hydrogen-bond acceptors (Lipinski definition) is 3. The van der Waals surface area contributed by atoms with Crippen molar-refractivity contribution >= 4 is 17.6 Å². The molecule has 4 aliphatic carbocycles. The van der Waals surface area contributed by atoms with Gasteiger partial charge in [0.05, 0.1) is 11.7 Å². The van der Waals surface area contributed by atoms with Crippen molar-refractivity contribution in [2.45, 2.75) is 57.5 Å². The Hall–Kier alpha value is -2.08. The van der Waals surface area contributed by atoms with E-state index in [1.165, 1.54) is 38.5 Å². The van der Waals surface area contributed by atoms with Crippen molar-refractivity contribution in [3.63, 3.8) is 0 Å². The first-order valence-corrected chi connectivity index (χ1v) is 11.6. The number of carboxylic acid groups (broad SMARTS) is 1. The fourth-order valence-corrected chi connectivity index (χ4v) is 6.72. The number of aliphatic imine (C=N–C) groups is 1. The molecule has 1 aromatic rings. The topological polar surface area (TPSA) is 83.0 Å². The van der Waals surface area contributed by atoms with Gasteiger partial charge in [0.25, 0.3) is 0 Å². The van der Waals surface area contributed by atoms with E-state index in [0.29, 0.717) is 11.0 Å². The van der Waals surface area contributed by atoms with Gasteiger partial charge in [0.1, 0.15) is 0 Å². The maximum atomic E-state index is 11.1. The summed E-state index contributed by atoms with van der Waals surface area (Å²) in [5.74, 6) is 2.64. The quantitative estimate of drug-likeness (QED) is 0.484. The zero-order valence-corrected chi connectivity index (χ0v) is 17.6. The number of aromatic carboxylic acids is 1. The zero-order valence-electron chi connectivity index (χ0n) is 17.6. The molecular weight excluding hydrogens is 378 g/mol. The summed E-state index contributed by atoms with van der Waals surface area (Å²) in [5, 5.41) is 16.0. The molecule has 0 amide bonds. The van der Waals surface area contributed by atoms with Gasteiger partial charge in [0, 0.05) is 25.4 Å². The van der Waals surface area contributed by atoms with Crippen molar-refractivity contribution in [2.75, 3.05) is 25.0 Å². The number of ether oxygens (including phenoxy) is 1. The highest BCUT2D eigenvalue weighted by Crippen LogP contribution is 2.60. The molecule has 4 saturated carbocycles. The average Bonchev–Trinajstić information content (AvgIpc) is 3.23. The van der Waals surface area contributed by atoms with E-state index in [1.807, 2.05) is 0 Å². The molecule has 5 fully saturated rings. The summed E-state index contributed by atoms with van der Waals surface area (Å²) in [6.07, 6.45) is 10.8. The third-order valence-electron chi connectivity index (χ3n) is 7.65. The highest BCUT2D eigenvalue weighted by molar-refractivity contribution is 5.94. The van der Waals surface area contributed by atoms with E-state index in [1.54, 1.807) is 24.3 Å². The lowest BCUT2D eigenvalue weighted by atomic mass is 9.49. The molecular formula is C24H33N3O3. The smallest absolute Gasteiger partial charge is 0.335 e. The number of rotatable bonds is 6. The molecule has 0 spiro atoms. The Kier molecular flexibility index (Phi) is 5.44. The van der Waals surface area contributed by atoms with Crippen LogP contribution in [0.3, 0.4) is 0 Å². The van der Waals surface area contributed by atoms with E-state index >= 15 is 0 Å². The standard InChI is InChI=1S/C24H33N3O3/c28-22(29)19-3-5-20(6-4-19)27-23(25-14-21-2-1-7-30-21)26-15-24-11-16-8-17(12-24)10-18(9-16)13-24/h3-6,16-18,21H,1-2,7-15H2,(H,28,29)(H2,25,26,27)/t16?,17?,18?,21-,24?/m1/s1. The number of hydrogen-bond donors (Lipinski definition) is 3. The molecule has 162 valence electrons. The molecule has 5 aliphatic rings. The Labute approximate surface area is 178 Å². The largest absolute Gasteiger partial charge is 0.478 e. The van der Waals surface area contributed by atoms with Crippen molar-refractivity contribution in [2.24, 2.45) is 28.2 Å². The van der Waals surface area contributed by atoms with Crippen molar-refractivity contribution in [3.8, 4) is 0 Å². The second kappa shape index (κ2) is 8.22. The molecule has 4 bridgehead atoms. The molecule has 1 atom stereocenters. The lowest BCUT2D eigenvalue weighted by Gasteiger charge is -2.56. The molecule has 1 aromatic carbocycles. The van der Waals surface area contributed by atoms with E-state index in [-0.39, 0.29) is 6.10 Å². The first-order valence-electron chi connectivity index (χ1n) is 11.6. The van der Waals surface area contributed by atoms with Crippen LogP contribution in [0.25, 0.3) is 0 Å². The molecule has 1 saturated heterocycles. The van der Waals surface area contributed by atoms with Crippen molar-refractivity contribution in [3.05, 3.63) is 29.8 Å². The van der Waals surface area contributed by atoms with Crippen LogP contribution in [0.1, 0.15) is 61.7 Å². The second-order valence-electron chi connectivity index (χ2n) is 10.1. The summed E-state index contributed by atoms with van der Waals surface area (Å²) < 4.78 is 5.76. The molecule has 6 nitrogen and oxygen atoms in total. The number of anilines is 1. The number of guanidine groups is 1. The van der Waals surface area contributed by atoms with Gasteiger partial charge in [-0.1, -0.05) is 0 Å². The van der Waals surface area contributed by atoms with Gasteiger partial charge in [0.2, 0.25) is 0 Å². The summed E-state index contributed by atoms with van der Waals surface area (Å²) in [6, 6.07) is 6.86. The summed E-state index contributed by atoms with van der Waals surface area (Å²) in [4.78, 5) is 16.2. The van der Waals surface area contributed by atoms with Gasteiger partial charge < -0.3 is 20.5 Å². The summed E-state index contributed by atoms with van der Waals surface area (Å²) in [7, 11) is 0. The fraction of sp³-hybridized carbons (Fsp3) is 0.667. The average molecular weight is 412 g/mol. The van der Waals surface area contributed by atoms with Gasteiger partial charge in [-0.2, -0.15) is 0 Å².